The number of anilines is 2. The van der Waals surface area contributed by atoms with Crippen LogP contribution in [-0.2, 0) is 14.8 Å². The van der Waals surface area contributed by atoms with Crippen LogP contribution in [0.25, 0.3) is 16.8 Å². The number of benzene rings is 4. The average molecular weight is 459 g/mol. The molecule has 0 saturated heterocycles. The van der Waals surface area contributed by atoms with Crippen LogP contribution in [0.1, 0.15) is 5.56 Å². The third-order valence-corrected chi connectivity index (χ3v) is 6.41. The van der Waals surface area contributed by atoms with Gasteiger partial charge >= 0.3 is 0 Å². The zero-order chi connectivity index (χ0) is 23.3. The minimum Gasteiger partial charge on any atom is -0.497 e. The van der Waals surface area contributed by atoms with Gasteiger partial charge in [0, 0.05) is 17.5 Å². The molecule has 4 aromatic rings. The fourth-order valence-corrected chi connectivity index (χ4v) is 4.39. The number of sulfonamides is 1. The summed E-state index contributed by atoms with van der Waals surface area (Å²) in [6.07, 6.45) is 3.22. The van der Waals surface area contributed by atoms with E-state index in [1.807, 2.05) is 42.5 Å². The highest BCUT2D eigenvalue weighted by atomic mass is 32.2. The second-order valence-electron chi connectivity index (χ2n) is 7.25. The van der Waals surface area contributed by atoms with Crippen LogP contribution in [0.4, 0.5) is 11.4 Å². The lowest BCUT2D eigenvalue weighted by Gasteiger charge is -2.09. The Balaban J connectivity index is 1.42. The Morgan fingerprint density at radius 1 is 0.818 bits per heavy atom. The van der Waals surface area contributed by atoms with Crippen molar-refractivity contribution in [2.75, 3.05) is 17.1 Å². The molecule has 0 radical (unpaired) electrons. The topological polar surface area (TPSA) is 84.5 Å². The van der Waals surface area contributed by atoms with Gasteiger partial charge in [-0.2, -0.15) is 0 Å². The first-order valence-electron chi connectivity index (χ1n) is 10.2. The second kappa shape index (κ2) is 9.58. The zero-order valence-corrected chi connectivity index (χ0v) is 18.7. The third kappa shape index (κ3) is 5.39. The summed E-state index contributed by atoms with van der Waals surface area (Å²) in [4.78, 5) is 12.4. The molecule has 0 aliphatic rings. The largest absolute Gasteiger partial charge is 0.497 e. The number of fused-ring (bicyclic) bond motifs is 1. The standard InChI is InChI=1S/C26H22N2O4S/c1-32-23-14-10-22(11-15-23)28-33(30,31)24-16-12-21(13-17-24)27-26(29)18-9-20-7-4-6-19-5-2-3-8-25(19)20/h2-18,28H,1H3,(H,27,29)/b18-9+. The first-order valence-corrected chi connectivity index (χ1v) is 11.7. The van der Waals surface area contributed by atoms with E-state index in [0.29, 0.717) is 17.1 Å². The maximum absolute atomic E-state index is 12.6. The molecule has 0 atom stereocenters. The molecule has 0 bridgehead atoms. The van der Waals surface area contributed by atoms with Gasteiger partial charge in [-0.1, -0.05) is 42.5 Å². The fraction of sp³-hybridized carbons (Fsp3) is 0.0385. The molecule has 6 nitrogen and oxygen atoms in total. The van der Waals surface area contributed by atoms with Crippen molar-refractivity contribution in [2.24, 2.45) is 0 Å². The van der Waals surface area contributed by atoms with Gasteiger partial charge in [-0.15, -0.1) is 0 Å². The number of carbonyl (C=O) groups excluding carboxylic acids is 1. The van der Waals surface area contributed by atoms with E-state index in [1.165, 1.54) is 18.2 Å². The van der Waals surface area contributed by atoms with Gasteiger partial charge in [-0.05, 0) is 70.9 Å². The number of methoxy groups -OCH3 is 1. The molecule has 2 N–H and O–H groups in total. The number of carbonyl (C=O) groups is 1. The molecule has 4 aromatic carbocycles. The number of hydrogen-bond donors (Lipinski definition) is 2. The van der Waals surface area contributed by atoms with E-state index in [9.17, 15) is 13.2 Å². The van der Waals surface area contributed by atoms with Gasteiger partial charge in [-0.25, -0.2) is 8.42 Å². The van der Waals surface area contributed by atoms with E-state index in [4.69, 9.17) is 4.74 Å². The number of rotatable bonds is 7. The summed E-state index contributed by atoms with van der Waals surface area (Å²) >= 11 is 0. The molecule has 7 heteroatoms. The van der Waals surface area contributed by atoms with Crippen LogP contribution in [0.15, 0.2) is 102 Å². The van der Waals surface area contributed by atoms with Gasteiger partial charge in [0.2, 0.25) is 5.91 Å². The van der Waals surface area contributed by atoms with Gasteiger partial charge < -0.3 is 10.1 Å². The minimum absolute atomic E-state index is 0.0858. The lowest BCUT2D eigenvalue weighted by molar-refractivity contribution is -0.111. The fourth-order valence-electron chi connectivity index (χ4n) is 3.34. The lowest BCUT2D eigenvalue weighted by Crippen LogP contribution is -2.13. The number of hydrogen-bond acceptors (Lipinski definition) is 4. The second-order valence-corrected chi connectivity index (χ2v) is 8.93. The normalized spacial score (nSPS) is 11.4. The predicted octanol–water partition coefficient (Wildman–Crippen LogP) is 5.30. The summed E-state index contributed by atoms with van der Waals surface area (Å²) in [5, 5.41) is 4.90. The molecule has 0 unspecified atom stereocenters. The maximum Gasteiger partial charge on any atom is 0.261 e. The molecule has 0 fully saturated rings. The molecule has 1 amide bonds. The lowest BCUT2D eigenvalue weighted by atomic mass is 10.0. The Morgan fingerprint density at radius 3 is 2.21 bits per heavy atom. The molecular formula is C26H22N2O4S. The Hall–Kier alpha value is -4.10. The summed E-state index contributed by atoms with van der Waals surface area (Å²) in [6, 6.07) is 26.4. The molecule has 0 spiro atoms. The predicted molar refractivity (Wildman–Crippen MR) is 132 cm³/mol. The Labute approximate surface area is 192 Å². The van der Waals surface area contributed by atoms with Crippen LogP contribution < -0.4 is 14.8 Å². The molecule has 0 aliphatic heterocycles. The van der Waals surface area contributed by atoms with E-state index in [-0.39, 0.29) is 10.8 Å². The van der Waals surface area contributed by atoms with Crippen LogP contribution in [-0.4, -0.2) is 21.4 Å². The van der Waals surface area contributed by atoms with Crippen LogP contribution in [0.5, 0.6) is 5.75 Å². The Kier molecular flexibility index (Phi) is 6.42. The molecule has 0 aromatic heterocycles. The number of amides is 1. The first-order chi connectivity index (χ1) is 15.9. The van der Waals surface area contributed by atoms with Crippen molar-refractivity contribution in [1.82, 2.24) is 0 Å². The van der Waals surface area contributed by atoms with Crippen molar-refractivity contribution in [2.45, 2.75) is 4.90 Å². The highest BCUT2D eigenvalue weighted by Gasteiger charge is 2.14. The zero-order valence-electron chi connectivity index (χ0n) is 17.9. The summed E-state index contributed by atoms with van der Waals surface area (Å²) in [7, 11) is -2.22. The van der Waals surface area contributed by atoms with E-state index in [1.54, 1.807) is 49.6 Å². The van der Waals surface area contributed by atoms with Crippen molar-refractivity contribution >= 4 is 44.2 Å². The van der Waals surface area contributed by atoms with E-state index < -0.39 is 10.0 Å². The van der Waals surface area contributed by atoms with Gasteiger partial charge in [0.25, 0.3) is 10.0 Å². The van der Waals surface area contributed by atoms with E-state index in [2.05, 4.69) is 10.0 Å². The monoisotopic (exact) mass is 458 g/mol. The number of ether oxygens (including phenoxy) is 1. The van der Waals surface area contributed by atoms with Gasteiger partial charge in [0.1, 0.15) is 5.75 Å². The van der Waals surface area contributed by atoms with Crippen LogP contribution >= 0.6 is 0 Å². The van der Waals surface area contributed by atoms with Gasteiger partial charge in [-0.3, -0.25) is 9.52 Å². The smallest absolute Gasteiger partial charge is 0.261 e. The van der Waals surface area contributed by atoms with Crippen molar-refractivity contribution in [3.8, 4) is 5.75 Å². The molecule has 33 heavy (non-hydrogen) atoms. The van der Waals surface area contributed by atoms with Crippen molar-refractivity contribution in [1.29, 1.82) is 0 Å². The summed E-state index contributed by atoms with van der Waals surface area (Å²) < 4.78 is 32.8. The molecule has 0 heterocycles. The van der Waals surface area contributed by atoms with Crippen LogP contribution in [0.3, 0.4) is 0 Å². The molecule has 0 saturated carbocycles. The first kappa shape index (κ1) is 22.1. The maximum atomic E-state index is 12.6. The summed E-state index contributed by atoms with van der Waals surface area (Å²) in [5.74, 6) is 0.322. The highest BCUT2D eigenvalue weighted by molar-refractivity contribution is 7.92. The molecule has 166 valence electrons. The van der Waals surface area contributed by atoms with Crippen molar-refractivity contribution < 1.29 is 17.9 Å². The van der Waals surface area contributed by atoms with E-state index in [0.717, 1.165) is 16.3 Å². The Morgan fingerprint density at radius 2 is 1.48 bits per heavy atom. The quantitative estimate of drug-likeness (QED) is 0.368. The summed E-state index contributed by atoms with van der Waals surface area (Å²) in [6.45, 7) is 0. The minimum atomic E-state index is -3.76. The molecule has 4 rings (SSSR count). The van der Waals surface area contributed by atoms with Gasteiger partial charge in [0.15, 0.2) is 0 Å². The third-order valence-electron chi connectivity index (χ3n) is 5.01. The Bertz CT molecular complexity index is 1410. The van der Waals surface area contributed by atoms with E-state index >= 15 is 0 Å². The SMILES string of the molecule is COc1ccc(NS(=O)(=O)c2ccc(NC(=O)/C=C/c3cccc4ccccc34)cc2)cc1. The van der Waals surface area contributed by atoms with Crippen LogP contribution in [0, 0.1) is 0 Å². The number of nitrogens with one attached hydrogen (secondary N) is 2. The van der Waals surface area contributed by atoms with Crippen LogP contribution in [0.2, 0.25) is 0 Å². The molecular weight excluding hydrogens is 436 g/mol. The average Bonchev–Trinajstić information content (AvgIpc) is 2.83. The van der Waals surface area contributed by atoms with Crippen molar-refractivity contribution in [3.05, 3.63) is 103 Å². The van der Waals surface area contributed by atoms with Gasteiger partial charge in [0.05, 0.1) is 12.0 Å². The molecule has 0 aliphatic carbocycles. The highest BCUT2D eigenvalue weighted by Crippen LogP contribution is 2.21. The van der Waals surface area contributed by atoms with Crippen molar-refractivity contribution in [3.63, 3.8) is 0 Å². The summed E-state index contributed by atoms with van der Waals surface area (Å²) in [5.41, 5.74) is 1.85.